The first-order chi connectivity index (χ1) is 19.6. The molecule has 0 atom stereocenters. The third-order valence-corrected chi connectivity index (χ3v) is 8.78. The van der Waals surface area contributed by atoms with E-state index in [4.69, 9.17) is 27.9 Å². The molecule has 1 aliphatic carbocycles. The molecule has 2 aromatic rings. The Morgan fingerprint density at radius 2 is 1.80 bits per heavy atom. The number of aliphatic imine (C=N–C) groups is 1. The number of carbonyl (C=O) groups excluding carboxylic acids is 2. The SMILES string of the molecule is CCN(c1cc(Cl)cc(C(=O)NCC2=C(Cl)N=C(C)CC2=O)c1C)C1CCC(N(C)Cc2cccc(OC)c2)CC1. The van der Waals surface area contributed by atoms with Gasteiger partial charge in [-0.1, -0.05) is 35.3 Å². The number of benzene rings is 2. The van der Waals surface area contributed by atoms with Crippen molar-refractivity contribution in [1.82, 2.24) is 10.2 Å². The Morgan fingerprint density at radius 3 is 2.46 bits per heavy atom. The minimum Gasteiger partial charge on any atom is -0.497 e. The van der Waals surface area contributed by atoms with Crippen LogP contribution in [0, 0.1) is 6.92 Å². The number of amides is 1. The molecule has 7 nitrogen and oxygen atoms in total. The van der Waals surface area contributed by atoms with Crippen LogP contribution in [0.15, 0.2) is 52.1 Å². The van der Waals surface area contributed by atoms with Gasteiger partial charge in [-0.2, -0.15) is 0 Å². The number of nitrogens with zero attached hydrogens (tertiary/aromatic N) is 3. The molecule has 1 aliphatic heterocycles. The summed E-state index contributed by atoms with van der Waals surface area (Å²) in [5.74, 6) is 0.477. The van der Waals surface area contributed by atoms with E-state index in [1.807, 2.05) is 25.1 Å². The van der Waals surface area contributed by atoms with Crippen LogP contribution >= 0.6 is 23.2 Å². The molecular weight excluding hydrogens is 559 g/mol. The van der Waals surface area contributed by atoms with Crippen molar-refractivity contribution in [3.63, 3.8) is 0 Å². The fourth-order valence-corrected chi connectivity index (χ4v) is 6.52. The Labute approximate surface area is 253 Å². The number of hydrogen-bond donors (Lipinski definition) is 1. The molecule has 220 valence electrons. The fraction of sp³-hybridized carbons (Fsp3) is 0.469. The molecule has 1 heterocycles. The molecule has 1 saturated carbocycles. The summed E-state index contributed by atoms with van der Waals surface area (Å²) in [5.41, 5.74) is 4.59. The number of halogens is 2. The highest BCUT2D eigenvalue weighted by Gasteiger charge is 2.29. The monoisotopic (exact) mass is 598 g/mol. The Kier molecular flexibility index (Phi) is 10.5. The third-order valence-electron chi connectivity index (χ3n) is 8.25. The van der Waals surface area contributed by atoms with Crippen LogP contribution in [0.5, 0.6) is 5.75 Å². The van der Waals surface area contributed by atoms with E-state index >= 15 is 0 Å². The molecule has 0 bridgehead atoms. The van der Waals surface area contributed by atoms with Crippen molar-refractivity contribution in [2.75, 3.05) is 32.1 Å². The lowest BCUT2D eigenvalue weighted by atomic mass is 9.88. The fourth-order valence-electron chi connectivity index (χ4n) is 5.99. The second-order valence-corrected chi connectivity index (χ2v) is 11.8. The predicted octanol–water partition coefficient (Wildman–Crippen LogP) is 6.54. The Hall–Kier alpha value is -2.87. The number of hydrogen-bond acceptors (Lipinski definition) is 6. The lowest BCUT2D eigenvalue weighted by molar-refractivity contribution is -0.114. The van der Waals surface area contributed by atoms with Crippen LogP contribution in [0.2, 0.25) is 5.02 Å². The zero-order valence-corrected chi connectivity index (χ0v) is 26.1. The molecule has 41 heavy (non-hydrogen) atoms. The number of methoxy groups -OCH3 is 1. The Morgan fingerprint density at radius 1 is 1.10 bits per heavy atom. The zero-order chi connectivity index (χ0) is 29.7. The average molecular weight is 600 g/mol. The lowest BCUT2D eigenvalue weighted by Gasteiger charge is -2.41. The highest BCUT2D eigenvalue weighted by Crippen LogP contribution is 2.34. The maximum Gasteiger partial charge on any atom is 0.251 e. The van der Waals surface area contributed by atoms with Crippen molar-refractivity contribution in [3.05, 3.63) is 68.8 Å². The second kappa shape index (κ2) is 13.9. The summed E-state index contributed by atoms with van der Waals surface area (Å²) in [5, 5.41) is 3.51. The molecule has 2 aromatic carbocycles. The molecule has 0 unspecified atom stereocenters. The molecule has 1 N–H and O–H groups in total. The van der Waals surface area contributed by atoms with E-state index in [9.17, 15) is 9.59 Å². The highest BCUT2D eigenvalue weighted by molar-refractivity contribution is 6.34. The minimum atomic E-state index is -0.291. The van der Waals surface area contributed by atoms with Crippen molar-refractivity contribution in [2.24, 2.45) is 4.99 Å². The van der Waals surface area contributed by atoms with Crippen molar-refractivity contribution in [3.8, 4) is 5.75 Å². The molecule has 0 spiro atoms. The van der Waals surface area contributed by atoms with E-state index in [0.29, 0.717) is 34.0 Å². The van der Waals surface area contributed by atoms with Gasteiger partial charge >= 0.3 is 0 Å². The summed E-state index contributed by atoms with van der Waals surface area (Å²) in [6.07, 6.45) is 4.53. The van der Waals surface area contributed by atoms with Crippen LogP contribution in [0.25, 0.3) is 0 Å². The van der Waals surface area contributed by atoms with E-state index in [2.05, 4.69) is 46.2 Å². The van der Waals surface area contributed by atoms with Gasteiger partial charge in [-0.25, -0.2) is 4.99 Å². The number of rotatable bonds is 10. The van der Waals surface area contributed by atoms with Gasteiger partial charge in [0.25, 0.3) is 5.91 Å². The first-order valence-corrected chi connectivity index (χ1v) is 15.0. The standard InChI is InChI=1S/C32H40Cl2N4O3/c1-6-38(25-12-10-24(11-13-25)37(4)19-22-8-7-9-26(15-22)41-5)29-17-23(33)16-27(21(29)3)32(40)35-18-28-30(39)14-20(2)36-31(28)34/h7-9,15-17,24-25H,6,10-14,18-19H2,1-5H3,(H,35,40). The van der Waals surface area contributed by atoms with Crippen LogP contribution in [-0.2, 0) is 11.3 Å². The summed E-state index contributed by atoms with van der Waals surface area (Å²) < 4.78 is 5.39. The van der Waals surface area contributed by atoms with Crippen LogP contribution < -0.4 is 15.0 Å². The van der Waals surface area contributed by atoms with Crippen LogP contribution in [0.4, 0.5) is 5.69 Å². The van der Waals surface area contributed by atoms with Gasteiger partial charge in [-0.3, -0.25) is 14.5 Å². The van der Waals surface area contributed by atoms with Crippen LogP contribution in [-0.4, -0.2) is 61.6 Å². The molecule has 0 radical (unpaired) electrons. The normalized spacial score (nSPS) is 19.3. The smallest absolute Gasteiger partial charge is 0.251 e. The van der Waals surface area contributed by atoms with Gasteiger partial charge in [0.15, 0.2) is 5.78 Å². The van der Waals surface area contributed by atoms with Gasteiger partial charge in [0.1, 0.15) is 10.9 Å². The number of Topliss-reactive ketones (excluding diaryl/α,β-unsaturated/α-hetero) is 1. The van der Waals surface area contributed by atoms with E-state index in [0.717, 1.165) is 55.8 Å². The van der Waals surface area contributed by atoms with Crippen LogP contribution in [0.3, 0.4) is 0 Å². The largest absolute Gasteiger partial charge is 0.497 e. The van der Waals surface area contributed by atoms with Crippen molar-refractivity contribution in [1.29, 1.82) is 0 Å². The molecule has 4 rings (SSSR count). The van der Waals surface area contributed by atoms with Gasteiger partial charge in [0.05, 0.1) is 12.7 Å². The Bertz CT molecular complexity index is 1350. The summed E-state index contributed by atoms with van der Waals surface area (Å²) in [4.78, 5) is 34.7. The van der Waals surface area contributed by atoms with Gasteiger partial charge in [-0.15, -0.1) is 0 Å². The van der Waals surface area contributed by atoms with Crippen molar-refractivity contribution < 1.29 is 14.3 Å². The van der Waals surface area contributed by atoms with E-state index in [1.54, 1.807) is 20.1 Å². The first kappa shape index (κ1) is 31.1. The summed E-state index contributed by atoms with van der Waals surface area (Å²) in [7, 11) is 3.90. The van der Waals surface area contributed by atoms with Crippen molar-refractivity contribution in [2.45, 2.75) is 71.5 Å². The van der Waals surface area contributed by atoms with Gasteiger partial charge in [-0.05, 0) is 88.9 Å². The van der Waals surface area contributed by atoms with Crippen LogP contribution in [0.1, 0.15) is 67.4 Å². The molecule has 0 aromatic heterocycles. The summed E-state index contributed by atoms with van der Waals surface area (Å²) >= 11 is 12.8. The molecule has 2 aliphatic rings. The molecule has 9 heteroatoms. The van der Waals surface area contributed by atoms with Gasteiger partial charge in [0.2, 0.25) is 0 Å². The first-order valence-electron chi connectivity index (χ1n) is 14.2. The number of ether oxygens (including phenoxy) is 1. The van der Waals surface area contributed by atoms with Gasteiger partial charge in [0, 0.05) is 60.1 Å². The summed E-state index contributed by atoms with van der Waals surface area (Å²) in [6.45, 7) is 7.59. The average Bonchev–Trinajstić information content (AvgIpc) is 2.94. The zero-order valence-electron chi connectivity index (χ0n) is 24.6. The number of anilines is 1. The quantitative estimate of drug-likeness (QED) is 0.314. The molecular formula is C32H40Cl2N4O3. The maximum atomic E-state index is 13.3. The predicted molar refractivity (Wildman–Crippen MR) is 168 cm³/mol. The Balaban J connectivity index is 1.43. The third kappa shape index (κ3) is 7.51. The van der Waals surface area contributed by atoms with E-state index < -0.39 is 0 Å². The maximum absolute atomic E-state index is 13.3. The second-order valence-electron chi connectivity index (χ2n) is 11.0. The van der Waals surface area contributed by atoms with E-state index in [1.165, 1.54) is 5.56 Å². The highest BCUT2D eigenvalue weighted by atomic mass is 35.5. The molecule has 0 saturated heterocycles. The number of ketones is 1. The molecule has 1 fully saturated rings. The molecule has 1 amide bonds. The van der Waals surface area contributed by atoms with Crippen molar-refractivity contribution >= 4 is 46.3 Å². The van der Waals surface area contributed by atoms with Gasteiger partial charge < -0.3 is 15.0 Å². The lowest BCUT2D eigenvalue weighted by Crippen LogP contribution is -2.43. The number of carbonyl (C=O) groups is 2. The summed E-state index contributed by atoms with van der Waals surface area (Å²) in [6, 6.07) is 12.8. The topological polar surface area (TPSA) is 74.2 Å². The minimum absolute atomic E-state index is 0.0271. The van der Waals surface area contributed by atoms with E-state index in [-0.39, 0.29) is 29.8 Å². The number of nitrogens with one attached hydrogen (secondary N) is 1.